The van der Waals surface area contributed by atoms with E-state index in [0.29, 0.717) is 24.7 Å². The molecule has 0 aromatic heterocycles. The number of anilines is 2. The Morgan fingerprint density at radius 2 is 1.43 bits per heavy atom. The zero-order valence-electron chi connectivity index (χ0n) is 15.5. The topological polar surface area (TPSA) is 79.7 Å². The second-order valence-electron chi connectivity index (χ2n) is 6.69. The van der Waals surface area contributed by atoms with Crippen LogP contribution in [0.4, 0.5) is 11.4 Å². The van der Waals surface area contributed by atoms with Crippen LogP contribution in [0.25, 0.3) is 0 Å². The zero-order chi connectivity index (χ0) is 20.1. The molecule has 28 heavy (non-hydrogen) atoms. The quantitative estimate of drug-likeness (QED) is 0.265. The Morgan fingerprint density at radius 1 is 0.929 bits per heavy atom. The maximum absolute atomic E-state index is 10.8. The van der Waals surface area contributed by atoms with E-state index in [1.807, 2.05) is 34.1 Å². The van der Waals surface area contributed by atoms with Crippen LogP contribution in [0.5, 0.6) is 0 Å². The molecule has 0 aliphatic carbocycles. The lowest BCUT2D eigenvalue weighted by molar-refractivity contribution is -0.242. The molecule has 8 nitrogen and oxygen atoms in total. The Labute approximate surface area is 174 Å². The molecule has 0 atom stereocenters. The number of thiocarbonyl (C=S) groups is 2. The maximum atomic E-state index is 10.8. The van der Waals surface area contributed by atoms with Gasteiger partial charge in [-0.2, -0.15) is 0 Å². The molecule has 152 valence electrons. The average molecular weight is 425 g/mol. The van der Waals surface area contributed by atoms with Crippen LogP contribution in [-0.2, 0) is 9.68 Å². The molecule has 10 heteroatoms. The fourth-order valence-electron chi connectivity index (χ4n) is 3.42. The van der Waals surface area contributed by atoms with Crippen LogP contribution in [-0.4, -0.2) is 82.2 Å². The summed E-state index contributed by atoms with van der Waals surface area (Å²) in [5.41, 5.74) is 2.02. The van der Waals surface area contributed by atoms with Crippen molar-refractivity contribution in [3.63, 3.8) is 0 Å². The van der Waals surface area contributed by atoms with E-state index >= 15 is 0 Å². The molecular weight excluding hydrogens is 400 g/mol. The van der Waals surface area contributed by atoms with Gasteiger partial charge in [-0.1, -0.05) is 0 Å². The molecule has 3 rings (SSSR count). The summed E-state index contributed by atoms with van der Waals surface area (Å²) < 4.78 is 0. The molecule has 0 unspecified atom stereocenters. The number of carbonyl (C=O) groups is 1. The van der Waals surface area contributed by atoms with E-state index in [1.54, 1.807) is 0 Å². The lowest BCUT2D eigenvalue weighted by atomic mass is 10.2. The van der Waals surface area contributed by atoms with E-state index < -0.39 is 5.97 Å². The van der Waals surface area contributed by atoms with Crippen molar-refractivity contribution in [1.29, 1.82) is 0 Å². The molecule has 2 saturated heterocycles. The van der Waals surface area contributed by atoms with Crippen molar-refractivity contribution in [2.45, 2.75) is 12.8 Å². The Morgan fingerprint density at radius 3 is 1.89 bits per heavy atom. The van der Waals surface area contributed by atoms with Gasteiger partial charge < -0.3 is 24.7 Å². The molecule has 0 bridgehead atoms. The monoisotopic (exact) mass is 424 g/mol. The van der Waals surface area contributed by atoms with Crippen molar-refractivity contribution < 1.29 is 20.0 Å². The smallest absolute Gasteiger partial charge is 0.305 e. The minimum absolute atomic E-state index is 0.0836. The van der Waals surface area contributed by atoms with Gasteiger partial charge in [0.25, 0.3) is 0 Å². The molecule has 2 aliphatic rings. The third kappa shape index (κ3) is 4.69. The van der Waals surface area contributed by atoms with Gasteiger partial charge in [0.1, 0.15) is 0 Å². The minimum Gasteiger partial charge on any atom is -0.481 e. The molecule has 2 fully saturated rings. The van der Waals surface area contributed by atoms with E-state index in [-0.39, 0.29) is 6.42 Å². The molecule has 2 heterocycles. The van der Waals surface area contributed by atoms with Crippen molar-refractivity contribution in [3.8, 4) is 0 Å². The van der Waals surface area contributed by atoms with E-state index in [2.05, 4.69) is 14.7 Å². The number of benzene rings is 1. The van der Waals surface area contributed by atoms with Crippen LogP contribution < -0.4 is 9.80 Å². The predicted octanol–water partition coefficient (Wildman–Crippen LogP) is 1.85. The lowest BCUT2D eigenvalue weighted by Crippen LogP contribution is -2.33. The largest absolute Gasteiger partial charge is 0.481 e. The van der Waals surface area contributed by atoms with Crippen molar-refractivity contribution in [2.75, 3.05) is 55.7 Å². The van der Waals surface area contributed by atoms with Crippen LogP contribution in [0.2, 0.25) is 0 Å². The van der Waals surface area contributed by atoms with Crippen LogP contribution in [0.1, 0.15) is 12.8 Å². The van der Waals surface area contributed by atoms with Gasteiger partial charge in [-0.25, -0.2) is 4.89 Å². The molecule has 0 radical (unpaired) electrons. The average Bonchev–Trinajstić information content (AvgIpc) is 3.23. The summed E-state index contributed by atoms with van der Waals surface area (Å²) in [5.74, 6) is -0.815. The first-order chi connectivity index (χ1) is 13.5. The predicted molar refractivity (Wildman–Crippen MR) is 115 cm³/mol. The second-order valence-corrected chi connectivity index (χ2v) is 7.42. The van der Waals surface area contributed by atoms with Gasteiger partial charge in [-0.3, -0.25) is 10.1 Å². The fourth-order valence-corrected chi connectivity index (χ4v) is 4.18. The van der Waals surface area contributed by atoms with E-state index in [0.717, 1.165) is 49.2 Å². The van der Waals surface area contributed by atoms with E-state index in [1.165, 1.54) is 0 Å². The van der Waals surface area contributed by atoms with E-state index in [4.69, 9.17) is 34.8 Å². The summed E-state index contributed by atoms with van der Waals surface area (Å²) in [7, 11) is 0. The molecule has 2 N–H and O–H groups in total. The highest BCUT2D eigenvalue weighted by atomic mass is 32.1. The van der Waals surface area contributed by atoms with Crippen LogP contribution in [0.15, 0.2) is 24.3 Å². The minimum atomic E-state index is -0.815. The van der Waals surface area contributed by atoms with Crippen molar-refractivity contribution in [1.82, 2.24) is 9.80 Å². The van der Waals surface area contributed by atoms with Crippen molar-refractivity contribution in [2.24, 2.45) is 0 Å². The molecule has 0 spiro atoms. The summed E-state index contributed by atoms with van der Waals surface area (Å²) in [4.78, 5) is 23.1. The van der Waals surface area contributed by atoms with Gasteiger partial charge in [0.05, 0.1) is 13.0 Å². The van der Waals surface area contributed by atoms with Gasteiger partial charge >= 0.3 is 5.97 Å². The number of hydrogen-bond acceptors (Lipinski definition) is 5. The van der Waals surface area contributed by atoms with Crippen molar-refractivity contribution in [3.05, 3.63) is 24.3 Å². The summed E-state index contributed by atoms with van der Waals surface area (Å²) in [6.07, 6.45) is 0.800. The molecule has 2 aliphatic heterocycles. The fraction of sp³-hybridized carbons (Fsp3) is 0.500. The first-order valence-corrected chi connectivity index (χ1v) is 10.0. The molecule has 1 aromatic carbocycles. The van der Waals surface area contributed by atoms with Gasteiger partial charge in [-0.05, 0) is 55.1 Å². The Hall–Kier alpha value is -2.01. The number of carboxylic acid groups (broad SMARTS) is 1. The first kappa shape index (κ1) is 20.7. The Kier molecular flexibility index (Phi) is 7.00. The Balaban J connectivity index is 1.59. The zero-order valence-corrected chi connectivity index (χ0v) is 17.1. The van der Waals surface area contributed by atoms with Crippen LogP contribution in [0, 0.1) is 0 Å². The number of carboxylic acids is 1. The maximum Gasteiger partial charge on any atom is 0.305 e. The van der Waals surface area contributed by atoms with Gasteiger partial charge in [0.2, 0.25) is 0 Å². The SMILES string of the molecule is O=C(O)CCN1CCN(c2ccc(N3CCN(CCCOO)C3=S)cc2)C1=S. The molecule has 1 aromatic rings. The highest BCUT2D eigenvalue weighted by Crippen LogP contribution is 2.26. The summed E-state index contributed by atoms with van der Waals surface area (Å²) in [5, 5.41) is 18.7. The number of nitrogens with zero attached hydrogens (tertiary/aromatic N) is 4. The number of aliphatic carboxylic acids is 1. The Bertz CT molecular complexity index is 731. The summed E-state index contributed by atoms with van der Waals surface area (Å²) >= 11 is 11.1. The lowest BCUT2D eigenvalue weighted by Gasteiger charge is -2.24. The van der Waals surface area contributed by atoms with Gasteiger partial charge in [0, 0.05) is 50.6 Å². The standard InChI is InChI=1S/C18H24N4O4S2/c23-16(24)6-8-20-10-12-22(18(20)28)15-4-2-14(3-5-15)21-11-9-19(17(21)27)7-1-13-26-25/h2-5,25H,1,6-13H2,(H,23,24). The number of hydrogen-bond donors (Lipinski definition) is 2. The van der Waals surface area contributed by atoms with E-state index in [9.17, 15) is 4.79 Å². The van der Waals surface area contributed by atoms with Crippen LogP contribution in [0.3, 0.4) is 0 Å². The second kappa shape index (κ2) is 9.46. The molecule has 0 amide bonds. The van der Waals surface area contributed by atoms with Gasteiger partial charge in [-0.15, -0.1) is 0 Å². The normalized spacial score (nSPS) is 17.2. The van der Waals surface area contributed by atoms with Crippen LogP contribution >= 0.6 is 24.4 Å². The molecule has 0 saturated carbocycles. The highest BCUT2D eigenvalue weighted by Gasteiger charge is 2.28. The number of rotatable bonds is 9. The first-order valence-electron chi connectivity index (χ1n) is 9.22. The summed E-state index contributed by atoms with van der Waals surface area (Å²) in [6.45, 7) is 4.64. The third-order valence-corrected chi connectivity index (χ3v) is 5.88. The third-order valence-electron chi connectivity index (χ3n) is 4.92. The van der Waals surface area contributed by atoms with Gasteiger partial charge in [0.15, 0.2) is 10.2 Å². The molecular formula is C18H24N4O4S2. The van der Waals surface area contributed by atoms with Crippen molar-refractivity contribution >= 4 is 52.0 Å². The summed E-state index contributed by atoms with van der Waals surface area (Å²) in [6, 6.07) is 8.11. The highest BCUT2D eigenvalue weighted by molar-refractivity contribution is 7.80.